The predicted molar refractivity (Wildman–Crippen MR) is 105 cm³/mol. The third-order valence-corrected chi connectivity index (χ3v) is 5.30. The van der Waals surface area contributed by atoms with Crippen molar-refractivity contribution in [1.29, 1.82) is 0 Å². The molecule has 2 aliphatic heterocycles. The summed E-state index contributed by atoms with van der Waals surface area (Å²) in [5.74, 6) is -0.737. The zero-order chi connectivity index (χ0) is 20.3. The summed E-state index contributed by atoms with van der Waals surface area (Å²) in [4.78, 5) is 38.2. The second-order valence-electron chi connectivity index (χ2n) is 7.42. The zero-order valence-electron chi connectivity index (χ0n) is 16.7. The number of esters is 1. The molecule has 0 aromatic carbocycles. The molecule has 148 valence electrons. The Balaban J connectivity index is 1.92. The Labute approximate surface area is 165 Å². The van der Waals surface area contributed by atoms with Crippen LogP contribution in [0.25, 0.3) is 0 Å². The molecule has 0 bridgehead atoms. The Morgan fingerprint density at radius 3 is 2.61 bits per heavy atom. The minimum atomic E-state index is -1.46. The molecule has 0 aromatic heterocycles. The minimum absolute atomic E-state index is 0.0189. The van der Waals surface area contributed by atoms with Crippen molar-refractivity contribution in [2.45, 2.75) is 64.9 Å². The molecule has 3 rings (SSSR count). The Hall–Kier alpha value is -2.69. The van der Waals surface area contributed by atoms with Gasteiger partial charge in [-0.05, 0) is 44.1 Å². The number of rotatable bonds is 8. The number of unbranched alkanes of at least 4 members (excludes halogenated alkanes) is 4. The molecule has 0 aromatic rings. The fourth-order valence-electron chi connectivity index (χ4n) is 3.72. The van der Waals surface area contributed by atoms with Crippen LogP contribution in [0.2, 0.25) is 0 Å². The smallest absolute Gasteiger partial charge is 0.343 e. The SMILES string of the molecule is C/C=C\C1=CC2=CC3=C(C(=O)CCCCCCC)C(=O)O[C@@]3(C)C(=O)C2=CO1. The van der Waals surface area contributed by atoms with Crippen LogP contribution in [0.5, 0.6) is 0 Å². The standard InChI is InChI=1S/C23H26O5/c1-4-6-7-8-9-11-19(24)20-18-13-15-12-16(10-5-2)27-14-17(15)21(25)23(18,3)28-22(20)26/h5,10,12-14H,4,6-9,11H2,1-3H3/b10-5-/t23-/m1/s1. The second-order valence-corrected chi connectivity index (χ2v) is 7.42. The summed E-state index contributed by atoms with van der Waals surface area (Å²) in [6.07, 6.45) is 13.8. The van der Waals surface area contributed by atoms with Crippen molar-refractivity contribution >= 4 is 17.5 Å². The van der Waals surface area contributed by atoms with E-state index < -0.39 is 11.6 Å². The number of carbonyl (C=O) groups excluding carboxylic acids is 3. The van der Waals surface area contributed by atoms with E-state index >= 15 is 0 Å². The van der Waals surface area contributed by atoms with Gasteiger partial charge >= 0.3 is 5.97 Å². The van der Waals surface area contributed by atoms with Crippen LogP contribution in [0.15, 0.2) is 58.6 Å². The fraction of sp³-hybridized carbons (Fsp3) is 0.435. The van der Waals surface area contributed by atoms with Gasteiger partial charge < -0.3 is 9.47 Å². The predicted octanol–water partition coefficient (Wildman–Crippen LogP) is 4.41. The van der Waals surface area contributed by atoms with E-state index in [9.17, 15) is 14.4 Å². The molecule has 5 heteroatoms. The molecule has 0 unspecified atom stereocenters. The van der Waals surface area contributed by atoms with Gasteiger partial charge in [0.2, 0.25) is 5.78 Å². The lowest BCUT2D eigenvalue weighted by molar-refractivity contribution is -0.153. The summed E-state index contributed by atoms with van der Waals surface area (Å²) in [5, 5.41) is 0. The first kappa shape index (κ1) is 20.1. The number of allylic oxidation sites excluding steroid dienone is 4. The third-order valence-electron chi connectivity index (χ3n) is 5.30. The van der Waals surface area contributed by atoms with Crippen LogP contribution in [0, 0.1) is 0 Å². The van der Waals surface area contributed by atoms with Crippen LogP contribution in [-0.4, -0.2) is 23.1 Å². The highest BCUT2D eigenvalue weighted by atomic mass is 16.6. The van der Waals surface area contributed by atoms with Gasteiger partial charge in [-0.3, -0.25) is 9.59 Å². The normalized spacial score (nSPS) is 23.6. The Kier molecular flexibility index (Phi) is 5.82. The summed E-state index contributed by atoms with van der Waals surface area (Å²) >= 11 is 0. The van der Waals surface area contributed by atoms with E-state index in [2.05, 4.69) is 6.92 Å². The van der Waals surface area contributed by atoms with Crippen molar-refractivity contribution in [3.05, 3.63) is 58.6 Å². The highest BCUT2D eigenvalue weighted by Gasteiger charge is 2.54. The summed E-state index contributed by atoms with van der Waals surface area (Å²) in [7, 11) is 0. The lowest BCUT2D eigenvalue weighted by Gasteiger charge is -2.30. The number of carbonyl (C=O) groups is 3. The van der Waals surface area contributed by atoms with E-state index in [-0.39, 0.29) is 23.6 Å². The molecule has 0 radical (unpaired) electrons. The molecule has 0 N–H and O–H groups in total. The maximum atomic E-state index is 13.0. The van der Waals surface area contributed by atoms with Crippen LogP contribution in [-0.2, 0) is 23.9 Å². The molecular formula is C23H26O5. The Morgan fingerprint density at radius 2 is 1.89 bits per heavy atom. The minimum Gasteiger partial charge on any atom is -0.464 e. The van der Waals surface area contributed by atoms with Crippen molar-refractivity contribution < 1.29 is 23.9 Å². The summed E-state index contributed by atoms with van der Waals surface area (Å²) in [6, 6.07) is 0. The largest absolute Gasteiger partial charge is 0.464 e. The van der Waals surface area contributed by atoms with Gasteiger partial charge in [0.15, 0.2) is 11.4 Å². The number of fused-ring (bicyclic) bond motifs is 2. The molecule has 28 heavy (non-hydrogen) atoms. The van der Waals surface area contributed by atoms with Crippen molar-refractivity contribution in [2.75, 3.05) is 0 Å². The van der Waals surface area contributed by atoms with Crippen LogP contribution in [0.3, 0.4) is 0 Å². The van der Waals surface area contributed by atoms with E-state index in [1.54, 1.807) is 25.2 Å². The lowest BCUT2D eigenvalue weighted by atomic mass is 9.77. The average Bonchev–Trinajstić information content (AvgIpc) is 2.92. The van der Waals surface area contributed by atoms with Gasteiger partial charge in [0.05, 0.1) is 5.57 Å². The Bertz CT molecular complexity index is 865. The van der Waals surface area contributed by atoms with Crippen molar-refractivity contribution in [3.63, 3.8) is 0 Å². The van der Waals surface area contributed by atoms with E-state index in [1.807, 2.05) is 13.0 Å². The van der Waals surface area contributed by atoms with Gasteiger partial charge in [-0.15, -0.1) is 0 Å². The van der Waals surface area contributed by atoms with Gasteiger partial charge in [0.25, 0.3) is 0 Å². The molecule has 1 aliphatic carbocycles. The van der Waals surface area contributed by atoms with Gasteiger partial charge in [-0.25, -0.2) is 4.79 Å². The molecule has 0 saturated heterocycles. The third kappa shape index (κ3) is 3.53. The number of hydrogen-bond donors (Lipinski definition) is 0. The average molecular weight is 382 g/mol. The number of ketones is 2. The monoisotopic (exact) mass is 382 g/mol. The molecule has 0 spiro atoms. The molecule has 3 aliphatic rings. The van der Waals surface area contributed by atoms with Gasteiger partial charge in [0, 0.05) is 12.0 Å². The molecule has 0 fully saturated rings. The lowest BCUT2D eigenvalue weighted by Crippen LogP contribution is -2.41. The van der Waals surface area contributed by atoms with Crippen molar-refractivity contribution in [2.24, 2.45) is 0 Å². The van der Waals surface area contributed by atoms with Crippen LogP contribution >= 0.6 is 0 Å². The fourth-order valence-corrected chi connectivity index (χ4v) is 3.72. The maximum Gasteiger partial charge on any atom is 0.343 e. The van der Waals surface area contributed by atoms with Gasteiger partial charge in [0.1, 0.15) is 17.6 Å². The Morgan fingerprint density at radius 1 is 1.14 bits per heavy atom. The molecule has 0 saturated carbocycles. The first-order valence-corrected chi connectivity index (χ1v) is 9.91. The highest BCUT2D eigenvalue weighted by molar-refractivity contribution is 6.24. The van der Waals surface area contributed by atoms with E-state index in [1.165, 1.54) is 6.26 Å². The van der Waals surface area contributed by atoms with Gasteiger partial charge in [-0.1, -0.05) is 38.7 Å². The van der Waals surface area contributed by atoms with E-state index in [4.69, 9.17) is 9.47 Å². The quantitative estimate of drug-likeness (QED) is 0.353. The highest BCUT2D eigenvalue weighted by Crippen LogP contribution is 2.44. The molecule has 1 atom stereocenters. The molecule has 0 amide bonds. The van der Waals surface area contributed by atoms with Crippen LogP contribution in [0.4, 0.5) is 0 Å². The molecule has 5 nitrogen and oxygen atoms in total. The number of hydrogen-bond acceptors (Lipinski definition) is 5. The number of ether oxygens (including phenoxy) is 2. The summed E-state index contributed by atoms with van der Waals surface area (Å²) in [5.41, 5.74) is -0.102. The summed E-state index contributed by atoms with van der Waals surface area (Å²) < 4.78 is 10.9. The van der Waals surface area contributed by atoms with Crippen molar-refractivity contribution in [3.8, 4) is 0 Å². The van der Waals surface area contributed by atoms with Crippen molar-refractivity contribution in [1.82, 2.24) is 0 Å². The maximum absolute atomic E-state index is 13.0. The first-order chi connectivity index (χ1) is 13.4. The van der Waals surface area contributed by atoms with E-state index in [0.717, 1.165) is 32.1 Å². The number of Topliss-reactive ketones (excluding diaryl/α,β-unsaturated/α-hetero) is 2. The van der Waals surface area contributed by atoms with E-state index in [0.29, 0.717) is 22.5 Å². The topological polar surface area (TPSA) is 69.7 Å². The molecular weight excluding hydrogens is 356 g/mol. The van der Waals surface area contributed by atoms with Crippen LogP contribution in [0.1, 0.15) is 59.3 Å². The zero-order valence-corrected chi connectivity index (χ0v) is 16.7. The molecule has 2 heterocycles. The van der Waals surface area contributed by atoms with Gasteiger partial charge in [-0.2, -0.15) is 0 Å². The second kappa shape index (κ2) is 8.13. The summed E-state index contributed by atoms with van der Waals surface area (Å²) in [6.45, 7) is 5.54. The van der Waals surface area contributed by atoms with Crippen LogP contribution < -0.4 is 0 Å². The first-order valence-electron chi connectivity index (χ1n) is 9.91.